The molecular weight excluding hydrogens is 533 g/mol. The summed E-state index contributed by atoms with van der Waals surface area (Å²) >= 11 is 1.32. The molecule has 0 aliphatic carbocycles. The molecule has 1 aliphatic rings. The molecule has 9 nitrogen and oxygen atoms in total. The molecule has 1 unspecified atom stereocenters. The van der Waals surface area contributed by atoms with Gasteiger partial charge in [0.15, 0.2) is 9.84 Å². The molecule has 5 N–H and O–H groups in total. The number of nitrogens with zero attached hydrogens (tertiary/aromatic N) is 1. The Bertz CT molecular complexity index is 1450. The number of nitrogens with two attached hydrogens (primary N) is 1. The van der Waals surface area contributed by atoms with Crippen molar-refractivity contribution in [2.75, 3.05) is 18.1 Å². The van der Waals surface area contributed by atoms with E-state index in [2.05, 4.69) is 5.32 Å². The second-order valence-corrected chi connectivity index (χ2v) is 11.1. The molecule has 198 valence electrons. The normalized spacial score (nSPS) is 14.7. The molecule has 4 rings (SSSR count). The predicted octanol–water partition coefficient (Wildman–Crippen LogP) is 3.96. The van der Waals surface area contributed by atoms with Gasteiger partial charge in [-0.05, 0) is 40.8 Å². The summed E-state index contributed by atoms with van der Waals surface area (Å²) in [5.41, 5.74) is 6.83. The summed E-state index contributed by atoms with van der Waals surface area (Å²) in [6, 6.07) is 12.8. The Labute approximate surface area is 214 Å². The molecule has 0 radical (unpaired) electrons. The number of nitrogens with one attached hydrogen (secondary N) is 2. The number of carboxylic acid groups (broad SMARTS) is 1. The van der Waals surface area contributed by atoms with Crippen LogP contribution in [0.25, 0.3) is 10.8 Å². The first-order chi connectivity index (χ1) is 17.2. The van der Waals surface area contributed by atoms with Crippen LogP contribution in [0.2, 0.25) is 0 Å². The summed E-state index contributed by atoms with van der Waals surface area (Å²) in [5, 5.41) is 21.7. The minimum Gasteiger partial charge on any atom is -0.475 e. The second-order valence-electron chi connectivity index (χ2n) is 8.17. The van der Waals surface area contributed by atoms with Gasteiger partial charge in [0.2, 0.25) is 5.91 Å². The van der Waals surface area contributed by atoms with Crippen LogP contribution in [-0.2, 0) is 19.4 Å². The number of alkyl halides is 3. The van der Waals surface area contributed by atoms with Crippen molar-refractivity contribution in [2.45, 2.75) is 30.1 Å². The number of carboxylic acids is 1. The number of benzene rings is 2. The van der Waals surface area contributed by atoms with Crippen LogP contribution in [0.15, 0.2) is 52.7 Å². The number of halogens is 3. The van der Waals surface area contributed by atoms with E-state index >= 15 is 0 Å². The fraction of sp³-hybridized carbons (Fsp3) is 0.261. The number of nitrogen functional groups attached to an aromatic ring is 1. The van der Waals surface area contributed by atoms with Crippen molar-refractivity contribution in [1.82, 2.24) is 4.90 Å². The molecule has 2 aromatic carbocycles. The van der Waals surface area contributed by atoms with Crippen LogP contribution in [0.4, 0.5) is 18.9 Å². The number of hydrogen-bond acceptors (Lipinski definition) is 7. The first kappa shape index (κ1) is 27.9. The molecular formula is C23H23F3N4O5S2. The van der Waals surface area contributed by atoms with E-state index in [1.165, 1.54) is 17.6 Å². The molecule has 1 fully saturated rings. The molecule has 1 atom stereocenters. The number of amides is 1. The van der Waals surface area contributed by atoms with Crippen LogP contribution in [0.5, 0.6) is 0 Å². The van der Waals surface area contributed by atoms with Gasteiger partial charge in [-0.3, -0.25) is 10.2 Å². The van der Waals surface area contributed by atoms with Crippen LogP contribution < -0.4 is 11.1 Å². The van der Waals surface area contributed by atoms with Crippen molar-refractivity contribution in [3.05, 3.63) is 58.3 Å². The van der Waals surface area contributed by atoms with Crippen LogP contribution in [0.3, 0.4) is 0 Å². The minimum atomic E-state index is -5.08. The highest BCUT2D eigenvalue weighted by Crippen LogP contribution is 2.35. The average molecular weight is 557 g/mol. The molecule has 3 aromatic rings. The Morgan fingerprint density at radius 2 is 1.81 bits per heavy atom. The fourth-order valence-corrected chi connectivity index (χ4v) is 5.35. The third kappa shape index (κ3) is 6.77. The molecule has 2 heterocycles. The summed E-state index contributed by atoms with van der Waals surface area (Å²) in [5.74, 6) is -2.79. The number of aliphatic carboxylic acids is 1. The van der Waals surface area contributed by atoms with E-state index in [0.717, 1.165) is 22.8 Å². The number of hydrogen-bond donors (Lipinski definition) is 4. The quantitative estimate of drug-likeness (QED) is 0.265. The number of likely N-dealkylation sites (tertiary alicyclic amines) is 1. The van der Waals surface area contributed by atoms with Gasteiger partial charge >= 0.3 is 12.1 Å². The SMILES string of the molecule is CS(=O)(=O)c1cc2ccccc2cc1NC(c1csc(C(=N)N)c1)N1CCCC1=O.O=C(O)C(F)(F)F. The van der Waals surface area contributed by atoms with E-state index in [1.807, 2.05) is 29.6 Å². The topological polar surface area (TPSA) is 154 Å². The van der Waals surface area contributed by atoms with Gasteiger partial charge < -0.3 is 21.1 Å². The first-order valence-corrected chi connectivity index (χ1v) is 13.5. The highest BCUT2D eigenvalue weighted by atomic mass is 32.2. The number of thiophene rings is 1. The number of carbonyl (C=O) groups excluding carboxylic acids is 1. The summed E-state index contributed by atoms with van der Waals surface area (Å²) in [7, 11) is -3.52. The van der Waals surface area contributed by atoms with Gasteiger partial charge in [-0.2, -0.15) is 13.2 Å². The molecule has 0 spiro atoms. The maximum atomic E-state index is 12.5. The zero-order chi connectivity index (χ0) is 27.5. The van der Waals surface area contributed by atoms with Gasteiger partial charge in [0, 0.05) is 24.8 Å². The van der Waals surface area contributed by atoms with E-state index in [0.29, 0.717) is 23.5 Å². The molecule has 1 saturated heterocycles. The Hall–Kier alpha value is -3.65. The maximum Gasteiger partial charge on any atom is 0.490 e. The van der Waals surface area contributed by atoms with E-state index in [1.54, 1.807) is 23.1 Å². The van der Waals surface area contributed by atoms with Crippen molar-refractivity contribution < 1.29 is 36.3 Å². The Kier molecular flexibility index (Phi) is 8.12. The number of fused-ring (bicyclic) bond motifs is 1. The molecule has 1 aliphatic heterocycles. The van der Waals surface area contributed by atoms with Crippen LogP contribution in [0.1, 0.15) is 29.4 Å². The second kappa shape index (κ2) is 10.8. The fourth-order valence-electron chi connectivity index (χ4n) is 3.71. The van der Waals surface area contributed by atoms with Crippen molar-refractivity contribution >= 4 is 55.3 Å². The summed E-state index contributed by atoms with van der Waals surface area (Å²) in [6.45, 7) is 0.573. The molecule has 1 aromatic heterocycles. The van der Waals surface area contributed by atoms with E-state index in [9.17, 15) is 26.4 Å². The highest BCUT2D eigenvalue weighted by Gasteiger charge is 2.38. The minimum absolute atomic E-state index is 0.00442. The van der Waals surface area contributed by atoms with E-state index < -0.39 is 28.1 Å². The summed E-state index contributed by atoms with van der Waals surface area (Å²) < 4.78 is 56.8. The third-order valence-corrected chi connectivity index (χ3v) is 7.52. The number of rotatable bonds is 6. The monoisotopic (exact) mass is 556 g/mol. The summed E-state index contributed by atoms with van der Waals surface area (Å²) in [4.78, 5) is 23.9. The van der Waals surface area contributed by atoms with Gasteiger partial charge in [0.1, 0.15) is 12.0 Å². The highest BCUT2D eigenvalue weighted by molar-refractivity contribution is 7.90. The average Bonchev–Trinajstić information content (AvgIpc) is 3.45. The molecule has 0 saturated carbocycles. The zero-order valence-electron chi connectivity index (χ0n) is 19.4. The van der Waals surface area contributed by atoms with Crippen LogP contribution in [-0.4, -0.2) is 55.1 Å². The first-order valence-electron chi connectivity index (χ1n) is 10.7. The van der Waals surface area contributed by atoms with Crippen molar-refractivity contribution in [2.24, 2.45) is 5.73 Å². The molecule has 14 heteroatoms. The van der Waals surface area contributed by atoms with Gasteiger partial charge in [-0.1, -0.05) is 24.3 Å². The number of amidine groups is 1. The molecule has 0 bridgehead atoms. The van der Waals surface area contributed by atoms with Gasteiger partial charge in [0.25, 0.3) is 0 Å². The lowest BCUT2D eigenvalue weighted by molar-refractivity contribution is -0.192. The summed E-state index contributed by atoms with van der Waals surface area (Å²) in [6.07, 6.45) is -3.25. The predicted molar refractivity (Wildman–Crippen MR) is 133 cm³/mol. The third-order valence-electron chi connectivity index (χ3n) is 5.40. The molecule has 1 amide bonds. The standard InChI is InChI=1S/C21H22N4O3S2.C2HF3O2/c1-30(27,28)18-11-14-6-3-2-5-13(14)9-16(18)24-21(25-8-4-7-19(25)26)15-10-17(20(22)23)29-12-15;3-2(4,5)1(6)7/h2-3,5-6,9-12,21,24H,4,7-8H2,1H3,(H3,22,23);(H,6,7). The van der Waals surface area contributed by atoms with Crippen LogP contribution >= 0.6 is 11.3 Å². The van der Waals surface area contributed by atoms with Crippen molar-refractivity contribution in [3.8, 4) is 0 Å². The Balaban J connectivity index is 0.000000479. The number of carbonyl (C=O) groups is 2. The lowest BCUT2D eigenvalue weighted by Crippen LogP contribution is -2.34. The van der Waals surface area contributed by atoms with Crippen molar-refractivity contribution in [3.63, 3.8) is 0 Å². The Morgan fingerprint density at radius 3 is 2.27 bits per heavy atom. The maximum absolute atomic E-state index is 12.5. The van der Waals surface area contributed by atoms with Gasteiger partial charge in [-0.15, -0.1) is 11.3 Å². The molecule has 37 heavy (non-hydrogen) atoms. The largest absolute Gasteiger partial charge is 0.490 e. The van der Waals surface area contributed by atoms with E-state index in [-0.39, 0.29) is 16.6 Å². The van der Waals surface area contributed by atoms with Gasteiger partial charge in [-0.25, -0.2) is 13.2 Å². The van der Waals surface area contributed by atoms with E-state index in [4.69, 9.17) is 21.0 Å². The number of sulfone groups is 1. The smallest absolute Gasteiger partial charge is 0.475 e. The zero-order valence-corrected chi connectivity index (χ0v) is 21.0. The van der Waals surface area contributed by atoms with Crippen LogP contribution in [0, 0.1) is 5.41 Å². The number of anilines is 1. The Morgan fingerprint density at radius 1 is 1.22 bits per heavy atom. The van der Waals surface area contributed by atoms with Crippen molar-refractivity contribution in [1.29, 1.82) is 5.41 Å². The van der Waals surface area contributed by atoms with Gasteiger partial charge in [0.05, 0.1) is 15.5 Å². The lowest BCUT2D eigenvalue weighted by atomic mass is 10.1. The lowest BCUT2D eigenvalue weighted by Gasteiger charge is -2.30.